The van der Waals surface area contributed by atoms with Gasteiger partial charge in [-0.2, -0.15) is 0 Å². The minimum atomic E-state index is -0.685. The monoisotopic (exact) mass is 505 g/mol. The minimum Gasteiger partial charge on any atom is -0.492 e. The number of H-pyrrole nitrogens is 1. The lowest BCUT2D eigenvalue weighted by Crippen LogP contribution is -2.53. The third-order valence-corrected chi connectivity index (χ3v) is 9.11. The van der Waals surface area contributed by atoms with Gasteiger partial charge in [0, 0.05) is 42.6 Å². The molecule has 2 aliphatic carbocycles. The second-order valence-electron chi connectivity index (χ2n) is 11.2. The Balaban J connectivity index is 1.26. The molecule has 2 aromatic rings. The van der Waals surface area contributed by atoms with E-state index >= 15 is 0 Å². The number of hydrogen-bond donors (Lipinski definition) is 2. The fourth-order valence-electron chi connectivity index (χ4n) is 7.17. The van der Waals surface area contributed by atoms with Gasteiger partial charge in [0.2, 0.25) is 5.91 Å². The Morgan fingerprint density at radius 3 is 2.81 bits per heavy atom. The third-order valence-electron chi connectivity index (χ3n) is 9.11. The number of benzene rings is 1. The number of Topliss-reactive ketones (excluding diaryl/α,β-unsaturated/α-hetero) is 2. The summed E-state index contributed by atoms with van der Waals surface area (Å²) < 4.78 is 5.82. The molecule has 8 nitrogen and oxygen atoms in total. The summed E-state index contributed by atoms with van der Waals surface area (Å²) in [6.45, 7) is 2.97. The minimum absolute atomic E-state index is 0.0589. The molecule has 8 heteroatoms. The molecule has 1 saturated heterocycles. The first-order valence-corrected chi connectivity index (χ1v) is 13.9. The first-order chi connectivity index (χ1) is 17.9. The van der Waals surface area contributed by atoms with E-state index in [1.54, 1.807) is 11.8 Å². The van der Waals surface area contributed by atoms with Gasteiger partial charge in [0.15, 0.2) is 5.78 Å². The molecule has 2 saturated carbocycles. The summed E-state index contributed by atoms with van der Waals surface area (Å²) in [5, 5.41) is 3.90. The maximum atomic E-state index is 13.8. The SMILES string of the molecule is CCC(=O)[C@H](C[C@@H]1CCCC1=O)NC(=O)[C@@H]1[C@H]2CCC[C@H]2CN1C(=O)c1cc2c3c(ccc2[nH]1)CCO3. The van der Waals surface area contributed by atoms with E-state index in [2.05, 4.69) is 10.3 Å². The highest BCUT2D eigenvalue weighted by atomic mass is 16.5. The number of nitrogens with zero attached hydrogens (tertiary/aromatic N) is 1. The van der Waals surface area contributed by atoms with Gasteiger partial charge >= 0.3 is 0 Å². The maximum Gasteiger partial charge on any atom is 0.271 e. The van der Waals surface area contributed by atoms with Crippen LogP contribution in [0.2, 0.25) is 0 Å². The number of fused-ring (bicyclic) bond motifs is 4. The number of ether oxygens (including phenoxy) is 1. The Labute approximate surface area is 216 Å². The number of nitrogens with one attached hydrogen (secondary N) is 2. The molecule has 0 unspecified atom stereocenters. The molecule has 0 spiro atoms. The van der Waals surface area contributed by atoms with E-state index in [1.807, 2.05) is 18.2 Å². The summed E-state index contributed by atoms with van der Waals surface area (Å²) in [6.07, 6.45) is 6.64. The number of carbonyl (C=O) groups excluding carboxylic acids is 4. The summed E-state index contributed by atoms with van der Waals surface area (Å²) in [5.74, 6) is 0.712. The Bertz CT molecular complexity index is 1270. The number of rotatable bonds is 7. The summed E-state index contributed by atoms with van der Waals surface area (Å²) in [5.41, 5.74) is 2.44. The van der Waals surface area contributed by atoms with Gasteiger partial charge < -0.3 is 19.9 Å². The number of likely N-dealkylation sites (tertiary alicyclic amines) is 1. The van der Waals surface area contributed by atoms with E-state index in [9.17, 15) is 19.2 Å². The zero-order valence-corrected chi connectivity index (χ0v) is 21.4. The van der Waals surface area contributed by atoms with Gasteiger partial charge in [0.05, 0.1) is 12.6 Å². The van der Waals surface area contributed by atoms with E-state index in [0.29, 0.717) is 38.1 Å². The molecule has 2 N–H and O–H groups in total. The van der Waals surface area contributed by atoms with Crippen molar-refractivity contribution in [2.24, 2.45) is 17.8 Å². The molecule has 0 radical (unpaired) electrons. The molecule has 0 bridgehead atoms. The van der Waals surface area contributed by atoms with Crippen molar-refractivity contribution in [3.05, 3.63) is 29.5 Å². The molecule has 37 heavy (non-hydrogen) atoms. The van der Waals surface area contributed by atoms with Crippen molar-refractivity contribution in [1.82, 2.24) is 15.2 Å². The average molecular weight is 506 g/mol. The van der Waals surface area contributed by atoms with Crippen LogP contribution >= 0.6 is 0 Å². The summed E-state index contributed by atoms with van der Waals surface area (Å²) in [4.78, 5) is 57.6. The van der Waals surface area contributed by atoms with Crippen LogP contribution in [0.4, 0.5) is 0 Å². The zero-order chi connectivity index (χ0) is 25.7. The van der Waals surface area contributed by atoms with Crippen molar-refractivity contribution in [2.75, 3.05) is 13.2 Å². The summed E-state index contributed by atoms with van der Waals surface area (Å²) in [7, 11) is 0. The van der Waals surface area contributed by atoms with Gasteiger partial charge in [-0.05, 0) is 61.6 Å². The van der Waals surface area contributed by atoms with Crippen LogP contribution in [0.3, 0.4) is 0 Å². The van der Waals surface area contributed by atoms with Crippen LogP contribution in [-0.4, -0.2) is 58.5 Å². The van der Waals surface area contributed by atoms with Crippen molar-refractivity contribution >= 4 is 34.3 Å². The van der Waals surface area contributed by atoms with Gasteiger partial charge in [0.25, 0.3) is 5.91 Å². The first kappa shape index (κ1) is 24.2. The van der Waals surface area contributed by atoms with Crippen LogP contribution in [-0.2, 0) is 20.8 Å². The first-order valence-electron chi connectivity index (χ1n) is 13.9. The molecule has 3 heterocycles. The van der Waals surface area contributed by atoms with Gasteiger partial charge in [-0.25, -0.2) is 0 Å². The van der Waals surface area contributed by atoms with Gasteiger partial charge in [-0.15, -0.1) is 0 Å². The van der Waals surface area contributed by atoms with Crippen LogP contribution in [0.25, 0.3) is 10.9 Å². The lowest BCUT2D eigenvalue weighted by Gasteiger charge is -2.29. The number of hydrogen-bond acceptors (Lipinski definition) is 5. The fourth-order valence-corrected chi connectivity index (χ4v) is 7.17. The quantitative estimate of drug-likeness (QED) is 0.598. The number of ketones is 2. The third kappa shape index (κ3) is 4.24. The van der Waals surface area contributed by atoms with Crippen LogP contribution in [0, 0.1) is 17.8 Å². The van der Waals surface area contributed by atoms with Crippen molar-refractivity contribution in [3.63, 3.8) is 0 Å². The highest BCUT2D eigenvalue weighted by molar-refractivity contribution is 6.02. The molecule has 196 valence electrons. The summed E-state index contributed by atoms with van der Waals surface area (Å²) in [6, 6.07) is 4.56. The van der Waals surface area contributed by atoms with Crippen molar-refractivity contribution < 1.29 is 23.9 Å². The molecule has 2 amide bonds. The van der Waals surface area contributed by atoms with Crippen LogP contribution in [0.1, 0.15) is 74.3 Å². The van der Waals surface area contributed by atoms with E-state index < -0.39 is 12.1 Å². The highest BCUT2D eigenvalue weighted by Gasteiger charge is 2.50. The highest BCUT2D eigenvalue weighted by Crippen LogP contribution is 2.43. The molecule has 2 aliphatic heterocycles. The number of carbonyl (C=O) groups is 4. The fraction of sp³-hybridized carbons (Fsp3) is 0.586. The summed E-state index contributed by atoms with van der Waals surface area (Å²) >= 11 is 0. The second kappa shape index (κ2) is 9.62. The lowest BCUT2D eigenvalue weighted by molar-refractivity contribution is -0.131. The molecular weight excluding hydrogens is 470 g/mol. The Kier molecular flexibility index (Phi) is 6.29. The van der Waals surface area contributed by atoms with Crippen molar-refractivity contribution in [1.29, 1.82) is 0 Å². The molecule has 3 fully saturated rings. The zero-order valence-electron chi connectivity index (χ0n) is 21.4. The smallest absolute Gasteiger partial charge is 0.271 e. The molecule has 5 atom stereocenters. The van der Waals surface area contributed by atoms with Crippen LogP contribution < -0.4 is 10.1 Å². The topological polar surface area (TPSA) is 109 Å². The standard InChI is InChI=1S/C29H35N3O5/c1-2-24(33)22(13-17-5-4-8-25(17)34)31-28(35)26-19-7-3-6-18(19)15-32(26)29(36)23-14-20-21(30-23)10-9-16-11-12-37-27(16)20/h9-10,14,17-19,22,26,30H,2-8,11-13,15H2,1H3,(H,31,35)/t17-,18-,19-,22-,26-/m0/s1. The van der Waals surface area contributed by atoms with Crippen molar-refractivity contribution in [2.45, 2.75) is 76.8 Å². The largest absolute Gasteiger partial charge is 0.492 e. The van der Waals surface area contributed by atoms with Gasteiger partial charge in [-0.1, -0.05) is 19.4 Å². The number of amides is 2. The van der Waals surface area contributed by atoms with E-state index in [1.165, 1.54) is 0 Å². The Morgan fingerprint density at radius 2 is 2.03 bits per heavy atom. The maximum absolute atomic E-state index is 13.8. The molecule has 4 aliphatic rings. The van der Waals surface area contributed by atoms with Crippen LogP contribution in [0.5, 0.6) is 5.75 Å². The second-order valence-corrected chi connectivity index (χ2v) is 11.2. The van der Waals surface area contributed by atoms with E-state index in [0.717, 1.165) is 60.7 Å². The molecular formula is C29H35N3O5. The molecule has 6 rings (SSSR count). The average Bonchev–Trinajstić information content (AvgIpc) is 3.70. The van der Waals surface area contributed by atoms with Crippen molar-refractivity contribution in [3.8, 4) is 5.75 Å². The van der Waals surface area contributed by atoms with Crippen LogP contribution in [0.15, 0.2) is 18.2 Å². The van der Waals surface area contributed by atoms with Gasteiger partial charge in [-0.3, -0.25) is 19.2 Å². The lowest BCUT2D eigenvalue weighted by atomic mass is 9.91. The van der Waals surface area contributed by atoms with Gasteiger partial charge in [0.1, 0.15) is 23.3 Å². The number of aromatic amines is 1. The Morgan fingerprint density at radius 1 is 1.16 bits per heavy atom. The van der Waals surface area contributed by atoms with E-state index in [-0.39, 0.29) is 41.1 Å². The normalized spacial score (nSPS) is 27.3. The van der Waals surface area contributed by atoms with E-state index in [4.69, 9.17) is 4.74 Å². The number of aromatic nitrogens is 1. The Hall–Kier alpha value is -3.16. The predicted octanol–water partition coefficient (Wildman–Crippen LogP) is 3.57. The molecule has 1 aromatic carbocycles. The predicted molar refractivity (Wildman–Crippen MR) is 137 cm³/mol. The molecule has 1 aromatic heterocycles.